The molecule has 1 aromatic heterocycles. The van der Waals surface area contributed by atoms with E-state index in [2.05, 4.69) is 25.6 Å². The van der Waals surface area contributed by atoms with E-state index in [9.17, 15) is 8.42 Å². The number of nitrogens with zero attached hydrogens (tertiary/aromatic N) is 1. The van der Waals surface area contributed by atoms with Gasteiger partial charge in [-0.1, -0.05) is 12.1 Å². The number of nitrogens with one attached hydrogen (secondary N) is 1. The average Bonchev–Trinajstić information content (AvgIpc) is 3.07. The molecule has 7 heteroatoms. The molecule has 3 rings (SSSR count). The van der Waals surface area contributed by atoms with Crippen LogP contribution in [-0.4, -0.2) is 33.0 Å². The molecule has 24 heavy (non-hydrogen) atoms. The Labute approximate surface area is 151 Å². The van der Waals surface area contributed by atoms with Crippen LogP contribution in [0.2, 0.25) is 0 Å². The normalized spacial score (nSPS) is 17.2. The molecule has 1 aromatic carbocycles. The van der Waals surface area contributed by atoms with Gasteiger partial charge in [-0.15, -0.1) is 0 Å². The smallest absolute Gasteiger partial charge is 0.241 e. The van der Waals surface area contributed by atoms with E-state index in [1.165, 1.54) is 0 Å². The highest BCUT2D eigenvalue weighted by molar-refractivity contribution is 9.10. The van der Waals surface area contributed by atoms with Gasteiger partial charge in [-0.05, 0) is 72.0 Å². The van der Waals surface area contributed by atoms with Gasteiger partial charge in [-0.25, -0.2) is 13.1 Å². The maximum atomic E-state index is 12.4. The fraction of sp³-hybridized carbons (Fsp3) is 0.412. The second kappa shape index (κ2) is 7.82. The van der Waals surface area contributed by atoms with Gasteiger partial charge in [0.2, 0.25) is 10.0 Å². The van der Waals surface area contributed by atoms with Crippen molar-refractivity contribution in [3.05, 3.63) is 52.9 Å². The van der Waals surface area contributed by atoms with E-state index in [1.54, 1.807) is 30.5 Å². The van der Waals surface area contributed by atoms with Crippen molar-refractivity contribution in [2.45, 2.75) is 24.3 Å². The number of likely N-dealkylation sites (tertiary alicyclic amines) is 1. The van der Waals surface area contributed by atoms with Crippen molar-refractivity contribution in [3.63, 3.8) is 0 Å². The van der Waals surface area contributed by atoms with Crippen molar-refractivity contribution < 1.29 is 12.8 Å². The van der Waals surface area contributed by atoms with Gasteiger partial charge in [0.05, 0.1) is 17.7 Å². The van der Waals surface area contributed by atoms with Crippen molar-refractivity contribution in [2.24, 2.45) is 5.92 Å². The van der Waals surface area contributed by atoms with E-state index >= 15 is 0 Å². The molecule has 1 N–H and O–H groups in total. The SMILES string of the molecule is O=S(=O)(NCC1CCN(Cc2ccco2)CC1)c1ccccc1Br. The van der Waals surface area contributed by atoms with Crippen LogP contribution in [-0.2, 0) is 16.6 Å². The van der Waals surface area contributed by atoms with Crippen molar-refractivity contribution in [1.82, 2.24) is 9.62 Å². The third kappa shape index (κ3) is 4.47. The number of halogens is 1. The summed E-state index contributed by atoms with van der Waals surface area (Å²) in [6.45, 7) is 3.23. The summed E-state index contributed by atoms with van der Waals surface area (Å²) in [6, 6.07) is 10.8. The van der Waals surface area contributed by atoms with E-state index < -0.39 is 10.0 Å². The van der Waals surface area contributed by atoms with Crippen molar-refractivity contribution in [1.29, 1.82) is 0 Å². The Morgan fingerprint density at radius 1 is 1.17 bits per heavy atom. The van der Waals surface area contributed by atoms with Gasteiger partial charge in [0.15, 0.2) is 0 Å². The Morgan fingerprint density at radius 2 is 1.92 bits per heavy atom. The number of rotatable bonds is 6. The van der Waals surface area contributed by atoms with Gasteiger partial charge in [-0.3, -0.25) is 4.90 Å². The fourth-order valence-corrected chi connectivity index (χ4v) is 5.06. The monoisotopic (exact) mass is 412 g/mol. The van der Waals surface area contributed by atoms with Crippen LogP contribution in [0.1, 0.15) is 18.6 Å². The summed E-state index contributed by atoms with van der Waals surface area (Å²) in [6.07, 6.45) is 3.66. The largest absolute Gasteiger partial charge is 0.468 e. The van der Waals surface area contributed by atoms with Crippen LogP contribution in [0.25, 0.3) is 0 Å². The minimum atomic E-state index is -3.47. The van der Waals surface area contributed by atoms with Crippen molar-refractivity contribution in [2.75, 3.05) is 19.6 Å². The highest BCUT2D eigenvalue weighted by Gasteiger charge is 2.23. The number of piperidine rings is 1. The van der Waals surface area contributed by atoms with Gasteiger partial charge in [0.1, 0.15) is 5.76 Å². The lowest BCUT2D eigenvalue weighted by Crippen LogP contribution is -2.38. The van der Waals surface area contributed by atoms with Gasteiger partial charge in [0, 0.05) is 11.0 Å². The first kappa shape index (κ1) is 17.7. The Kier molecular flexibility index (Phi) is 5.76. The van der Waals surface area contributed by atoms with E-state index in [0.29, 0.717) is 21.8 Å². The number of benzene rings is 1. The molecule has 2 aromatic rings. The third-order valence-electron chi connectivity index (χ3n) is 4.35. The topological polar surface area (TPSA) is 62.6 Å². The number of hydrogen-bond acceptors (Lipinski definition) is 4. The van der Waals surface area contributed by atoms with E-state index in [1.807, 2.05) is 12.1 Å². The zero-order valence-corrected chi connectivity index (χ0v) is 15.7. The van der Waals surface area contributed by atoms with Gasteiger partial charge in [0.25, 0.3) is 0 Å². The molecule has 1 saturated heterocycles. The second-order valence-electron chi connectivity index (χ2n) is 6.08. The van der Waals surface area contributed by atoms with Gasteiger partial charge >= 0.3 is 0 Å². The molecule has 0 bridgehead atoms. The average molecular weight is 413 g/mol. The molecular weight excluding hydrogens is 392 g/mol. The maximum Gasteiger partial charge on any atom is 0.241 e. The summed E-state index contributed by atoms with van der Waals surface area (Å²) >= 11 is 3.30. The minimum Gasteiger partial charge on any atom is -0.468 e. The second-order valence-corrected chi connectivity index (χ2v) is 8.67. The highest BCUT2D eigenvalue weighted by atomic mass is 79.9. The number of furan rings is 1. The standard InChI is InChI=1S/C17H21BrN2O3S/c18-16-5-1-2-6-17(16)24(21,22)19-12-14-7-9-20(10-8-14)13-15-4-3-11-23-15/h1-6,11,14,19H,7-10,12-13H2. The molecule has 0 radical (unpaired) electrons. The first-order valence-corrected chi connectivity index (χ1v) is 10.3. The molecular formula is C17H21BrN2O3S. The number of hydrogen-bond donors (Lipinski definition) is 1. The van der Waals surface area contributed by atoms with Crippen LogP contribution >= 0.6 is 15.9 Å². The Hall–Kier alpha value is -1.15. The quantitative estimate of drug-likeness (QED) is 0.790. The molecule has 2 heterocycles. The van der Waals surface area contributed by atoms with Crippen molar-refractivity contribution >= 4 is 26.0 Å². The molecule has 130 valence electrons. The van der Waals surface area contributed by atoms with Gasteiger partial charge in [-0.2, -0.15) is 0 Å². The molecule has 5 nitrogen and oxygen atoms in total. The molecule has 0 amide bonds. The Morgan fingerprint density at radius 3 is 2.58 bits per heavy atom. The number of sulfonamides is 1. The van der Waals surface area contributed by atoms with Crippen LogP contribution in [0.5, 0.6) is 0 Å². The lowest BCUT2D eigenvalue weighted by atomic mass is 9.97. The minimum absolute atomic E-state index is 0.292. The summed E-state index contributed by atoms with van der Waals surface area (Å²) in [5.74, 6) is 1.35. The zero-order chi connectivity index (χ0) is 17.0. The lowest BCUT2D eigenvalue weighted by molar-refractivity contribution is 0.168. The van der Waals surface area contributed by atoms with Crippen LogP contribution in [0, 0.1) is 5.92 Å². The first-order valence-electron chi connectivity index (χ1n) is 8.03. The van der Waals surface area contributed by atoms with Crippen LogP contribution < -0.4 is 4.72 Å². The maximum absolute atomic E-state index is 12.4. The summed E-state index contributed by atoms with van der Waals surface area (Å²) in [7, 11) is -3.47. The third-order valence-corrected chi connectivity index (χ3v) is 6.79. The molecule has 1 aliphatic heterocycles. The highest BCUT2D eigenvalue weighted by Crippen LogP contribution is 2.22. The Balaban J connectivity index is 1.49. The molecule has 1 fully saturated rings. The lowest BCUT2D eigenvalue weighted by Gasteiger charge is -2.31. The van der Waals surface area contributed by atoms with Gasteiger partial charge < -0.3 is 4.42 Å². The zero-order valence-electron chi connectivity index (χ0n) is 13.3. The van der Waals surface area contributed by atoms with E-state index in [-0.39, 0.29) is 0 Å². The van der Waals surface area contributed by atoms with E-state index in [4.69, 9.17) is 4.42 Å². The summed E-state index contributed by atoms with van der Waals surface area (Å²) in [5, 5.41) is 0. The van der Waals surface area contributed by atoms with Crippen LogP contribution in [0.3, 0.4) is 0 Å². The fourth-order valence-electron chi connectivity index (χ4n) is 2.94. The molecule has 0 aliphatic carbocycles. The summed E-state index contributed by atoms with van der Waals surface area (Å²) < 4.78 is 33.5. The van der Waals surface area contributed by atoms with Crippen molar-refractivity contribution in [3.8, 4) is 0 Å². The molecule has 0 atom stereocenters. The first-order chi connectivity index (χ1) is 11.5. The Bertz CT molecular complexity index is 754. The van der Waals surface area contributed by atoms with Crippen LogP contribution in [0.15, 0.2) is 56.4 Å². The molecule has 0 spiro atoms. The van der Waals surface area contributed by atoms with Crippen LogP contribution in [0.4, 0.5) is 0 Å². The molecule has 0 saturated carbocycles. The summed E-state index contributed by atoms with van der Waals surface area (Å²) in [5.41, 5.74) is 0. The summed E-state index contributed by atoms with van der Waals surface area (Å²) in [4.78, 5) is 2.64. The molecule has 1 aliphatic rings. The molecule has 0 unspecified atom stereocenters. The predicted octanol–water partition coefficient (Wildman–Crippen LogP) is 3.23. The predicted molar refractivity (Wildman–Crippen MR) is 96.0 cm³/mol. The van der Waals surface area contributed by atoms with E-state index in [0.717, 1.165) is 38.2 Å².